The maximum absolute atomic E-state index is 12.0. The van der Waals surface area contributed by atoms with Crippen molar-refractivity contribution in [2.75, 3.05) is 58.3 Å². The molecule has 2 aromatic carbocycles. The van der Waals surface area contributed by atoms with E-state index in [0.717, 1.165) is 17.8 Å². The Hall–Kier alpha value is -4.16. The quantitative estimate of drug-likeness (QED) is 0.404. The Labute approximate surface area is 249 Å². The SMILES string of the molecule is C=CC(=O)N1CCN(c2nc(OC)nc3c2CC(C)C(c2cccc4ccccc24)O3)CC1.CC#N.CN1CCCC1. The minimum absolute atomic E-state index is 0.0353. The van der Waals surface area contributed by atoms with E-state index < -0.39 is 0 Å². The van der Waals surface area contributed by atoms with E-state index in [0.29, 0.717) is 38.1 Å². The number of benzene rings is 2. The van der Waals surface area contributed by atoms with Crippen molar-refractivity contribution in [3.05, 3.63) is 66.2 Å². The van der Waals surface area contributed by atoms with E-state index in [1.165, 1.54) is 55.3 Å². The number of carbonyl (C=O) groups excluding carboxylic acids is 1. The van der Waals surface area contributed by atoms with Gasteiger partial charge >= 0.3 is 6.01 Å². The van der Waals surface area contributed by atoms with Gasteiger partial charge in [0, 0.05) is 44.6 Å². The van der Waals surface area contributed by atoms with Crippen LogP contribution in [0.5, 0.6) is 11.9 Å². The second-order valence-corrected chi connectivity index (χ2v) is 10.9. The first-order chi connectivity index (χ1) is 20.4. The van der Waals surface area contributed by atoms with Crippen molar-refractivity contribution in [2.45, 2.75) is 39.2 Å². The first-order valence-electron chi connectivity index (χ1n) is 14.6. The van der Waals surface area contributed by atoms with Crippen LogP contribution in [0.25, 0.3) is 10.8 Å². The molecule has 2 unspecified atom stereocenters. The fourth-order valence-corrected chi connectivity index (χ4v) is 5.74. The minimum Gasteiger partial charge on any atom is -0.469 e. The molecule has 0 radical (unpaired) electrons. The van der Waals surface area contributed by atoms with E-state index in [1.54, 1.807) is 13.2 Å². The van der Waals surface area contributed by atoms with Gasteiger partial charge in [-0.15, -0.1) is 0 Å². The molecule has 0 bridgehead atoms. The number of carbonyl (C=O) groups is 1. The summed E-state index contributed by atoms with van der Waals surface area (Å²) in [7, 11) is 3.74. The molecule has 3 aliphatic rings. The number of anilines is 1. The van der Waals surface area contributed by atoms with Crippen LogP contribution in [-0.2, 0) is 11.2 Å². The minimum atomic E-state index is -0.113. The van der Waals surface area contributed by atoms with Crippen LogP contribution in [0.15, 0.2) is 55.1 Å². The standard InChI is InChI=1S/C26H28N4O3.C5H11N.C2H3N/c1-4-22(31)29-12-14-30(15-13-29)24-21-16-17(2)23(33-25(21)28-26(27-24)32-3)20-11-7-9-18-8-5-6-10-19(18)20;1-6-4-2-3-5-6;1-2-3/h4-11,17,23H,1,12-16H2,2-3H3;2-5H2,1H3;1H3. The number of fused-ring (bicyclic) bond motifs is 2. The van der Waals surface area contributed by atoms with Crippen molar-refractivity contribution in [1.29, 1.82) is 5.26 Å². The summed E-state index contributed by atoms with van der Waals surface area (Å²) in [4.78, 5) is 27.6. The van der Waals surface area contributed by atoms with Crippen molar-refractivity contribution in [2.24, 2.45) is 5.92 Å². The molecule has 0 saturated carbocycles. The van der Waals surface area contributed by atoms with Gasteiger partial charge in [0.05, 0.1) is 18.7 Å². The lowest BCUT2D eigenvalue weighted by atomic mass is 9.87. The third-order valence-corrected chi connectivity index (χ3v) is 7.92. The number of nitriles is 1. The van der Waals surface area contributed by atoms with Crippen molar-refractivity contribution in [1.82, 2.24) is 19.8 Å². The fraction of sp³-hybridized carbons (Fsp3) is 0.455. The van der Waals surface area contributed by atoms with E-state index in [1.807, 2.05) is 4.90 Å². The van der Waals surface area contributed by atoms with Gasteiger partial charge in [0.25, 0.3) is 0 Å². The fourth-order valence-electron chi connectivity index (χ4n) is 5.74. The summed E-state index contributed by atoms with van der Waals surface area (Å²) < 4.78 is 12.0. The number of amides is 1. The molecule has 42 heavy (non-hydrogen) atoms. The largest absolute Gasteiger partial charge is 0.469 e. The van der Waals surface area contributed by atoms with Gasteiger partial charge < -0.3 is 24.2 Å². The number of ether oxygens (including phenoxy) is 2. The monoisotopic (exact) mass is 570 g/mol. The number of aromatic nitrogens is 2. The van der Waals surface area contributed by atoms with Gasteiger partial charge in [-0.05, 0) is 56.2 Å². The summed E-state index contributed by atoms with van der Waals surface area (Å²) in [6.45, 7) is 12.5. The molecular formula is C33H42N6O3. The average molecular weight is 571 g/mol. The van der Waals surface area contributed by atoms with Crippen LogP contribution in [0, 0.1) is 17.2 Å². The van der Waals surface area contributed by atoms with Crippen molar-refractivity contribution in [3.8, 4) is 18.0 Å². The molecule has 0 aliphatic carbocycles. The predicted octanol–water partition coefficient (Wildman–Crippen LogP) is 5.03. The summed E-state index contributed by atoms with van der Waals surface area (Å²) in [5, 5.41) is 9.72. The van der Waals surface area contributed by atoms with E-state index in [2.05, 4.69) is 82.8 Å². The molecule has 6 rings (SSSR count). The van der Waals surface area contributed by atoms with Crippen LogP contribution in [0.3, 0.4) is 0 Å². The van der Waals surface area contributed by atoms with E-state index in [9.17, 15) is 4.79 Å². The highest BCUT2D eigenvalue weighted by Gasteiger charge is 2.35. The van der Waals surface area contributed by atoms with Crippen LogP contribution < -0.4 is 14.4 Å². The van der Waals surface area contributed by atoms with Crippen LogP contribution >= 0.6 is 0 Å². The van der Waals surface area contributed by atoms with Crippen LogP contribution in [0.4, 0.5) is 5.82 Å². The van der Waals surface area contributed by atoms with E-state index in [4.69, 9.17) is 14.7 Å². The third kappa shape index (κ3) is 7.18. The molecule has 9 nitrogen and oxygen atoms in total. The van der Waals surface area contributed by atoms with Gasteiger partial charge in [-0.1, -0.05) is 56.0 Å². The molecule has 1 aromatic heterocycles. The number of hydrogen-bond donors (Lipinski definition) is 0. The van der Waals surface area contributed by atoms with E-state index >= 15 is 0 Å². The van der Waals surface area contributed by atoms with Crippen molar-refractivity contribution < 1.29 is 14.3 Å². The Kier molecular flexibility index (Phi) is 10.7. The summed E-state index contributed by atoms with van der Waals surface area (Å²) >= 11 is 0. The molecule has 222 valence electrons. The molecule has 2 saturated heterocycles. The molecule has 9 heteroatoms. The highest BCUT2D eigenvalue weighted by molar-refractivity contribution is 5.87. The number of rotatable bonds is 4. The van der Waals surface area contributed by atoms with Crippen molar-refractivity contribution >= 4 is 22.5 Å². The molecule has 0 spiro atoms. The van der Waals surface area contributed by atoms with Gasteiger partial charge in [0.2, 0.25) is 11.8 Å². The number of nitrogens with zero attached hydrogens (tertiary/aromatic N) is 6. The molecule has 2 fully saturated rings. The molecule has 3 aromatic rings. The first kappa shape index (κ1) is 30.8. The Balaban J connectivity index is 0.000000390. The lowest BCUT2D eigenvalue weighted by Gasteiger charge is -2.38. The zero-order valence-corrected chi connectivity index (χ0v) is 25.3. The smallest absolute Gasteiger partial charge is 0.321 e. The topological polar surface area (TPSA) is 94.8 Å². The number of likely N-dealkylation sites (tertiary alicyclic amines) is 1. The number of hydrogen-bond acceptors (Lipinski definition) is 8. The summed E-state index contributed by atoms with van der Waals surface area (Å²) in [5.74, 6) is 1.62. The lowest BCUT2D eigenvalue weighted by Crippen LogP contribution is -2.49. The average Bonchev–Trinajstić information content (AvgIpc) is 3.51. The highest BCUT2D eigenvalue weighted by atomic mass is 16.5. The zero-order chi connectivity index (χ0) is 30.1. The Morgan fingerprint density at radius 1 is 1.07 bits per heavy atom. The summed E-state index contributed by atoms with van der Waals surface area (Å²) in [6.07, 6.45) is 4.88. The summed E-state index contributed by atoms with van der Waals surface area (Å²) in [5.41, 5.74) is 2.17. The van der Waals surface area contributed by atoms with E-state index in [-0.39, 0.29) is 17.9 Å². The molecule has 2 atom stereocenters. The van der Waals surface area contributed by atoms with Crippen LogP contribution in [-0.4, -0.2) is 79.1 Å². The third-order valence-electron chi connectivity index (χ3n) is 7.92. The van der Waals surface area contributed by atoms with Gasteiger partial charge in [-0.25, -0.2) is 0 Å². The maximum Gasteiger partial charge on any atom is 0.321 e. The summed E-state index contributed by atoms with van der Waals surface area (Å²) in [6, 6.07) is 16.8. The predicted molar refractivity (Wildman–Crippen MR) is 166 cm³/mol. The first-order valence-corrected chi connectivity index (χ1v) is 14.6. The van der Waals surface area contributed by atoms with Crippen LogP contribution in [0.2, 0.25) is 0 Å². The molecule has 3 aliphatic heterocycles. The Morgan fingerprint density at radius 3 is 2.36 bits per heavy atom. The van der Waals surface area contributed by atoms with Gasteiger partial charge in [-0.3, -0.25) is 4.79 Å². The maximum atomic E-state index is 12.0. The van der Waals surface area contributed by atoms with Gasteiger partial charge in [0.1, 0.15) is 11.9 Å². The highest BCUT2D eigenvalue weighted by Crippen LogP contribution is 2.43. The number of piperazine rings is 1. The Bertz CT molecular complexity index is 1400. The zero-order valence-electron chi connectivity index (χ0n) is 25.3. The van der Waals surface area contributed by atoms with Crippen LogP contribution in [0.1, 0.15) is 43.9 Å². The number of methoxy groups -OCH3 is 1. The molecule has 0 N–H and O–H groups in total. The normalized spacial score (nSPS) is 19.7. The molecule has 4 heterocycles. The van der Waals surface area contributed by atoms with Crippen molar-refractivity contribution in [3.63, 3.8) is 0 Å². The lowest BCUT2D eigenvalue weighted by molar-refractivity contribution is -0.126. The van der Waals surface area contributed by atoms with Gasteiger partial charge in [0.15, 0.2) is 0 Å². The molecule has 1 amide bonds. The second-order valence-electron chi connectivity index (χ2n) is 10.9. The molecular weight excluding hydrogens is 528 g/mol. The second kappa shape index (κ2) is 14.6. The Morgan fingerprint density at radius 2 is 1.74 bits per heavy atom. The van der Waals surface area contributed by atoms with Gasteiger partial charge in [-0.2, -0.15) is 15.2 Å².